The van der Waals surface area contributed by atoms with E-state index in [4.69, 9.17) is 11.0 Å². The number of nitrogens with one attached hydrogen (secondary N) is 2. The van der Waals surface area contributed by atoms with Crippen molar-refractivity contribution in [3.63, 3.8) is 0 Å². The highest BCUT2D eigenvalue weighted by Crippen LogP contribution is 2.39. The van der Waals surface area contributed by atoms with Gasteiger partial charge in [-0.2, -0.15) is 20.0 Å². The monoisotopic (exact) mass is 472 g/mol. The minimum atomic E-state index is -0.671. The molecule has 1 aromatic carbocycles. The van der Waals surface area contributed by atoms with E-state index in [0.717, 1.165) is 18.4 Å². The van der Waals surface area contributed by atoms with E-state index in [-0.39, 0.29) is 23.8 Å². The van der Waals surface area contributed by atoms with Gasteiger partial charge in [-0.15, -0.1) is 0 Å². The van der Waals surface area contributed by atoms with Crippen LogP contribution in [0.2, 0.25) is 0 Å². The third kappa shape index (κ3) is 5.45. The van der Waals surface area contributed by atoms with Gasteiger partial charge in [0, 0.05) is 36.7 Å². The molecule has 1 amide bonds. The van der Waals surface area contributed by atoms with Gasteiger partial charge in [-0.25, -0.2) is 4.98 Å². The molecular weight excluding hydrogens is 447 g/mol. The van der Waals surface area contributed by atoms with Crippen molar-refractivity contribution in [1.82, 2.24) is 20.1 Å². The predicted molar refractivity (Wildman–Crippen MR) is 127 cm³/mol. The number of carbonyl (C=O) groups excluding carboxylic acids is 1. The number of hydrogen-bond donors (Lipinski definition) is 3. The Bertz CT molecular complexity index is 1300. The van der Waals surface area contributed by atoms with Crippen LogP contribution >= 0.6 is 0 Å². The summed E-state index contributed by atoms with van der Waals surface area (Å²) in [4.78, 5) is 15.6. The number of nitrogens with two attached hydrogens (primary N) is 1. The van der Waals surface area contributed by atoms with Crippen molar-refractivity contribution in [2.75, 3.05) is 5.32 Å². The fraction of sp³-hybridized carbons (Fsp3) is 0.320. The molecule has 0 unspecified atom stereocenters. The molecule has 10 heteroatoms. The van der Waals surface area contributed by atoms with Crippen molar-refractivity contribution in [3.05, 3.63) is 71.4 Å². The number of rotatable bonds is 8. The van der Waals surface area contributed by atoms with Crippen LogP contribution in [0.25, 0.3) is 0 Å². The van der Waals surface area contributed by atoms with Gasteiger partial charge in [0.1, 0.15) is 5.56 Å². The average Bonchev–Trinajstić information content (AvgIpc) is 3.29. The summed E-state index contributed by atoms with van der Waals surface area (Å²) in [7, 11) is 0. The highest BCUT2D eigenvalue weighted by atomic mass is 19.1. The Morgan fingerprint density at radius 1 is 1.26 bits per heavy atom. The number of aromatic nitrogens is 3. The van der Waals surface area contributed by atoms with Gasteiger partial charge in [-0.05, 0) is 49.4 Å². The zero-order chi connectivity index (χ0) is 24.8. The fourth-order valence-corrected chi connectivity index (χ4v) is 4.51. The largest absolute Gasteiger partial charge is 0.365 e. The molecule has 0 aliphatic heterocycles. The van der Waals surface area contributed by atoms with Crippen molar-refractivity contribution in [1.29, 1.82) is 10.5 Å². The minimum absolute atomic E-state index is 0.164. The molecule has 0 radical (unpaired) electrons. The number of nitrogens with zero attached hydrogens (tertiary/aromatic N) is 5. The van der Waals surface area contributed by atoms with Crippen LogP contribution in [0.1, 0.15) is 53.6 Å². The smallest absolute Gasteiger partial charge is 0.254 e. The van der Waals surface area contributed by atoms with Gasteiger partial charge in [0.15, 0.2) is 5.82 Å². The van der Waals surface area contributed by atoms with E-state index < -0.39 is 17.4 Å². The van der Waals surface area contributed by atoms with Crippen LogP contribution < -0.4 is 16.4 Å². The third-order valence-corrected chi connectivity index (χ3v) is 6.43. The molecule has 1 aliphatic carbocycles. The van der Waals surface area contributed by atoms with E-state index in [1.165, 1.54) is 12.3 Å². The number of halogens is 1. The van der Waals surface area contributed by atoms with Crippen LogP contribution in [-0.2, 0) is 12.1 Å². The summed E-state index contributed by atoms with van der Waals surface area (Å²) >= 11 is 0. The predicted octanol–water partition coefficient (Wildman–Crippen LogP) is 3.47. The van der Waals surface area contributed by atoms with Crippen molar-refractivity contribution in [3.8, 4) is 12.1 Å². The molecule has 35 heavy (non-hydrogen) atoms. The van der Waals surface area contributed by atoms with Gasteiger partial charge < -0.3 is 16.4 Å². The van der Waals surface area contributed by atoms with Crippen molar-refractivity contribution < 1.29 is 9.18 Å². The highest BCUT2D eigenvalue weighted by Gasteiger charge is 2.38. The second-order valence-electron chi connectivity index (χ2n) is 8.72. The topological polar surface area (TPSA) is 145 Å². The molecule has 178 valence electrons. The molecule has 4 N–H and O–H groups in total. The van der Waals surface area contributed by atoms with E-state index in [9.17, 15) is 14.4 Å². The number of pyridine rings is 1. The summed E-state index contributed by atoms with van der Waals surface area (Å²) in [6, 6.07) is 14.9. The Kier molecular flexibility index (Phi) is 7.04. The van der Waals surface area contributed by atoms with Gasteiger partial charge >= 0.3 is 0 Å². The van der Waals surface area contributed by atoms with Gasteiger partial charge in [0.25, 0.3) is 5.91 Å². The van der Waals surface area contributed by atoms with Crippen LogP contribution in [-0.4, -0.2) is 26.7 Å². The number of benzene rings is 1. The molecular formula is C25H25FN8O. The number of anilines is 2. The van der Waals surface area contributed by atoms with Crippen LogP contribution in [0.5, 0.6) is 0 Å². The van der Waals surface area contributed by atoms with E-state index in [1.54, 1.807) is 23.0 Å². The lowest BCUT2D eigenvalue weighted by Gasteiger charge is -2.39. The number of nitriles is 2. The molecule has 9 nitrogen and oxygen atoms in total. The standard InChI is InChI=1S/C25H25FN8O/c26-22-13-20(6-11-30-22)32-24-21(23(29)35)16-34(33-24)25(9-10-27)7-4-19(5-8-25)31-15-18-3-1-2-17(12-18)14-28/h1-3,6,11-13,16,19,31H,4-5,7-9,15H2,(H2,29,35)(H,30,32,33). The SMILES string of the molecule is N#CCC1(n2cc(C(N)=O)c(Nc3ccnc(F)c3)n2)CCC(NCc2cccc(C#N)c2)CC1. The van der Waals surface area contributed by atoms with E-state index in [1.807, 2.05) is 18.2 Å². The third-order valence-electron chi connectivity index (χ3n) is 6.43. The fourth-order valence-electron chi connectivity index (χ4n) is 4.51. The molecule has 4 rings (SSSR count). The maximum absolute atomic E-state index is 13.5. The molecule has 2 aromatic heterocycles. The van der Waals surface area contributed by atoms with Crippen LogP contribution in [0.15, 0.2) is 48.8 Å². The molecule has 1 saturated carbocycles. The van der Waals surface area contributed by atoms with Gasteiger partial charge in [0.2, 0.25) is 5.95 Å². The Morgan fingerprint density at radius 3 is 2.74 bits per heavy atom. The lowest BCUT2D eigenvalue weighted by atomic mass is 9.77. The summed E-state index contributed by atoms with van der Waals surface area (Å²) in [6.45, 7) is 0.648. The van der Waals surface area contributed by atoms with Crippen molar-refractivity contribution >= 4 is 17.4 Å². The number of primary amides is 1. The Labute approximate surface area is 202 Å². The first kappa shape index (κ1) is 23.9. The molecule has 0 spiro atoms. The molecule has 1 aliphatic rings. The summed E-state index contributed by atoms with van der Waals surface area (Å²) in [6.07, 6.45) is 6.08. The summed E-state index contributed by atoms with van der Waals surface area (Å²) < 4.78 is 15.2. The van der Waals surface area contributed by atoms with Gasteiger partial charge in [-0.3, -0.25) is 9.48 Å². The van der Waals surface area contributed by atoms with Crippen LogP contribution in [0.3, 0.4) is 0 Å². The Morgan fingerprint density at radius 2 is 2.06 bits per heavy atom. The minimum Gasteiger partial charge on any atom is -0.365 e. The van der Waals surface area contributed by atoms with Gasteiger partial charge in [0.05, 0.1) is 29.7 Å². The van der Waals surface area contributed by atoms with E-state index in [2.05, 4.69) is 32.9 Å². The molecule has 0 saturated heterocycles. The Hall–Kier alpha value is -4.28. The summed E-state index contributed by atoms with van der Waals surface area (Å²) in [5, 5.41) is 29.7. The van der Waals surface area contributed by atoms with Crippen LogP contribution in [0.4, 0.5) is 15.9 Å². The lowest BCUT2D eigenvalue weighted by molar-refractivity contribution is 0.1000. The van der Waals surface area contributed by atoms with E-state index >= 15 is 0 Å². The quantitative estimate of drug-likeness (QED) is 0.426. The molecule has 2 heterocycles. The first-order valence-corrected chi connectivity index (χ1v) is 11.3. The second kappa shape index (κ2) is 10.3. The van der Waals surface area contributed by atoms with Crippen molar-refractivity contribution in [2.45, 2.75) is 50.2 Å². The lowest BCUT2D eigenvalue weighted by Crippen LogP contribution is -2.43. The Balaban J connectivity index is 1.49. The zero-order valence-electron chi connectivity index (χ0n) is 19.0. The van der Waals surface area contributed by atoms with Crippen molar-refractivity contribution in [2.24, 2.45) is 5.73 Å². The molecule has 0 atom stereocenters. The average molecular weight is 473 g/mol. The normalized spacial score (nSPS) is 19.5. The maximum atomic E-state index is 13.5. The number of hydrogen-bond acceptors (Lipinski definition) is 7. The van der Waals surface area contributed by atoms with Crippen LogP contribution in [0, 0.1) is 28.6 Å². The molecule has 0 bridgehead atoms. The molecule has 1 fully saturated rings. The maximum Gasteiger partial charge on any atom is 0.254 e. The first-order chi connectivity index (χ1) is 16.9. The highest BCUT2D eigenvalue weighted by molar-refractivity contribution is 5.98. The first-order valence-electron chi connectivity index (χ1n) is 11.3. The number of amides is 1. The molecule has 3 aromatic rings. The van der Waals surface area contributed by atoms with E-state index in [0.29, 0.717) is 30.6 Å². The summed E-state index contributed by atoms with van der Waals surface area (Å²) in [5.74, 6) is -1.13. The summed E-state index contributed by atoms with van der Waals surface area (Å²) in [5.41, 5.74) is 7.22. The van der Waals surface area contributed by atoms with Gasteiger partial charge in [-0.1, -0.05) is 12.1 Å². The second-order valence-corrected chi connectivity index (χ2v) is 8.72. The zero-order valence-corrected chi connectivity index (χ0v) is 19.0. The number of carbonyl (C=O) groups is 1.